The first-order chi connectivity index (χ1) is 9.19. The Hall–Kier alpha value is -2.70. The molecule has 7 nitrogen and oxygen atoms in total. The highest BCUT2D eigenvalue weighted by molar-refractivity contribution is 6.06. The molecule has 3 heterocycles. The Labute approximate surface area is 107 Å². The SMILES string of the molecule is O=Cc1cc(N2CCC(=O)NC2=O)cn2ccnc12. The number of aldehydes is 1. The van der Waals surface area contributed by atoms with E-state index in [4.69, 9.17) is 0 Å². The highest BCUT2D eigenvalue weighted by Gasteiger charge is 2.25. The van der Waals surface area contributed by atoms with Crippen LogP contribution in [0.25, 0.3) is 5.65 Å². The van der Waals surface area contributed by atoms with Gasteiger partial charge in [0.1, 0.15) is 5.65 Å². The molecule has 2 aromatic heterocycles. The van der Waals surface area contributed by atoms with Crippen LogP contribution in [0.4, 0.5) is 10.5 Å². The second kappa shape index (κ2) is 4.20. The van der Waals surface area contributed by atoms with E-state index in [-0.39, 0.29) is 12.3 Å². The molecule has 0 saturated carbocycles. The molecule has 1 aliphatic heterocycles. The number of fused-ring (bicyclic) bond motifs is 1. The molecular formula is C12H10N4O3. The van der Waals surface area contributed by atoms with Gasteiger partial charge in [0.25, 0.3) is 0 Å². The maximum Gasteiger partial charge on any atom is 0.328 e. The van der Waals surface area contributed by atoms with Gasteiger partial charge in [-0.15, -0.1) is 0 Å². The molecule has 0 aliphatic carbocycles. The molecule has 1 fully saturated rings. The summed E-state index contributed by atoms with van der Waals surface area (Å²) in [5.41, 5.74) is 1.48. The van der Waals surface area contributed by atoms with Crippen LogP contribution < -0.4 is 10.2 Å². The van der Waals surface area contributed by atoms with Crippen molar-refractivity contribution in [3.63, 3.8) is 0 Å². The van der Waals surface area contributed by atoms with E-state index in [1.807, 2.05) is 0 Å². The number of hydrogen-bond acceptors (Lipinski definition) is 4. The molecule has 0 spiro atoms. The van der Waals surface area contributed by atoms with Gasteiger partial charge in [-0.25, -0.2) is 9.78 Å². The predicted octanol–water partition coefficient (Wildman–Crippen LogP) is 0.593. The minimum atomic E-state index is -0.479. The zero-order chi connectivity index (χ0) is 13.4. The van der Waals surface area contributed by atoms with Gasteiger partial charge in [-0.3, -0.25) is 19.8 Å². The van der Waals surface area contributed by atoms with Gasteiger partial charge in [0, 0.05) is 31.6 Å². The lowest BCUT2D eigenvalue weighted by molar-refractivity contribution is -0.120. The smallest absolute Gasteiger partial charge is 0.304 e. The number of anilines is 1. The van der Waals surface area contributed by atoms with Crippen LogP contribution >= 0.6 is 0 Å². The quantitative estimate of drug-likeness (QED) is 0.799. The molecule has 2 aromatic rings. The van der Waals surface area contributed by atoms with Crippen LogP contribution in [-0.4, -0.2) is 34.2 Å². The first kappa shape index (κ1) is 11.4. The van der Waals surface area contributed by atoms with E-state index in [0.29, 0.717) is 29.7 Å². The summed E-state index contributed by atoms with van der Waals surface area (Å²) in [6.07, 6.45) is 5.90. The van der Waals surface area contributed by atoms with Crippen LogP contribution in [0.1, 0.15) is 16.8 Å². The fraction of sp³-hybridized carbons (Fsp3) is 0.167. The number of nitrogens with zero attached hydrogens (tertiary/aromatic N) is 3. The van der Waals surface area contributed by atoms with Crippen molar-refractivity contribution in [2.45, 2.75) is 6.42 Å². The Morgan fingerprint density at radius 2 is 2.21 bits per heavy atom. The number of amides is 3. The third-order valence-corrected chi connectivity index (χ3v) is 2.99. The summed E-state index contributed by atoms with van der Waals surface area (Å²) in [5.74, 6) is -0.291. The standard InChI is InChI=1S/C12H10N4O3/c17-7-8-5-9(6-15-4-2-13-11(8)15)16-3-1-10(18)14-12(16)19/h2,4-7H,1,3H2,(H,14,18,19). The number of hydrogen-bond donors (Lipinski definition) is 1. The molecule has 19 heavy (non-hydrogen) atoms. The number of imidazole rings is 1. The highest BCUT2D eigenvalue weighted by Crippen LogP contribution is 2.20. The van der Waals surface area contributed by atoms with Gasteiger partial charge in [0.15, 0.2) is 6.29 Å². The third-order valence-electron chi connectivity index (χ3n) is 2.99. The van der Waals surface area contributed by atoms with Crippen LogP contribution in [0.2, 0.25) is 0 Å². The van der Waals surface area contributed by atoms with Crippen molar-refractivity contribution in [3.05, 3.63) is 30.2 Å². The average Bonchev–Trinajstić information content (AvgIpc) is 2.85. The monoisotopic (exact) mass is 258 g/mol. The molecule has 0 aromatic carbocycles. The summed E-state index contributed by atoms with van der Waals surface area (Å²) >= 11 is 0. The normalized spacial score (nSPS) is 15.7. The van der Waals surface area contributed by atoms with Crippen molar-refractivity contribution >= 4 is 29.6 Å². The fourth-order valence-corrected chi connectivity index (χ4v) is 2.09. The van der Waals surface area contributed by atoms with Gasteiger partial charge in [-0.05, 0) is 6.07 Å². The number of nitrogens with one attached hydrogen (secondary N) is 1. The highest BCUT2D eigenvalue weighted by atomic mass is 16.2. The Balaban J connectivity index is 2.07. The number of pyridine rings is 1. The largest absolute Gasteiger partial charge is 0.328 e. The summed E-state index contributed by atoms with van der Waals surface area (Å²) < 4.78 is 1.67. The van der Waals surface area contributed by atoms with Gasteiger partial charge in [-0.2, -0.15) is 0 Å². The van der Waals surface area contributed by atoms with Crippen molar-refractivity contribution in [3.8, 4) is 0 Å². The van der Waals surface area contributed by atoms with Crippen molar-refractivity contribution < 1.29 is 14.4 Å². The van der Waals surface area contributed by atoms with E-state index in [1.54, 1.807) is 29.1 Å². The number of imide groups is 1. The Bertz CT molecular complexity index is 691. The van der Waals surface area contributed by atoms with E-state index < -0.39 is 6.03 Å². The predicted molar refractivity (Wildman–Crippen MR) is 66.1 cm³/mol. The van der Waals surface area contributed by atoms with Crippen molar-refractivity contribution in [1.82, 2.24) is 14.7 Å². The van der Waals surface area contributed by atoms with Gasteiger partial charge < -0.3 is 4.40 Å². The van der Waals surface area contributed by atoms with Gasteiger partial charge in [-0.1, -0.05) is 0 Å². The molecule has 0 unspecified atom stereocenters. The third kappa shape index (κ3) is 1.85. The number of urea groups is 1. The average molecular weight is 258 g/mol. The summed E-state index contributed by atoms with van der Waals surface area (Å²) in [4.78, 5) is 39.4. The molecule has 0 bridgehead atoms. The van der Waals surface area contributed by atoms with Crippen LogP contribution in [-0.2, 0) is 4.79 Å². The van der Waals surface area contributed by atoms with E-state index in [9.17, 15) is 14.4 Å². The lowest BCUT2D eigenvalue weighted by Gasteiger charge is -2.26. The minimum absolute atomic E-state index is 0.240. The van der Waals surface area contributed by atoms with Crippen LogP contribution in [0.15, 0.2) is 24.7 Å². The summed E-state index contributed by atoms with van der Waals surface area (Å²) in [6.45, 7) is 0.295. The van der Waals surface area contributed by atoms with E-state index in [0.717, 1.165) is 0 Å². The van der Waals surface area contributed by atoms with Crippen molar-refractivity contribution in [1.29, 1.82) is 0 Å². The maximum absolute atomic E-state index is 11.8. The molecule has 3 rings (SSSR count). The summed E-state index contributed by atoms with van der Waals surface area (Å²) in [6, 6.07) is 1.11. The van der Waals surface area contributed by atoms with E-state index in [2.05, 4.69) is 10.3 Å². The van der Waals surface area contributed by atoms with Gasteiger partial charge >= 0.3 is 6.03 Å². The topological polar surface area (TPSA) is 83.8 Å². The van der Waals surface area contributed by atoms with Crippen LogP contribution in [0.5, 0.6) is 0 Å². The lowest BCUT2D eigenvalue weighted by Crippen LogP contribution is -2.49. The molecule has 1 N–H and O–H groups in total. The van der Waals surface area contributed by atoms with Gasteiger partial charge in [0.2, 0.25) is 5.91 Å². The number of rotatable bonds is 2. The minimum Gasteiger partial charge on any atom is -0.304 e. The Kier molecular flexibility index (Phi) is 2.52. The molecular weight excluding hydrogens is 248 g/mol. The lowest BCUT2D eigenvalue weighted by atomic mass is 10.2. The molecule has 3 amide bonds. The van der Waals surface area contributed by atoms with Crippen molar-refractivity contribution in [2.75, 3.05) is 11.4 Å². The molecule has 1 saturated heterocycles. The maximum atomic E-state index is 11.8. The number of carbonyl (C=O) groups is 3. The summed E-state index contributed by atoms with van der Waals surface area (Å²) in [5, 5.41) is 2.24. The molecule has 96 valence electrons. The first-order valence-corrected chi connectivity index (χ1v) is 5.72. The number of aromatic nitrogens is 2. The Morgan fingerprint density at radius 3 is 2.95 bits per heavy atom. The second-order valence-corrected chi connectivity index (χ2v) is 4.18. The second-order valence-electron chi connectivity index (χ2n) is 4.18. The zero-order valence-corrected chi connectivity index (χ0v) is 9.87. The number of carbonyl (C=O) groups excluding carboxylic acids is 3. The van der Waals surface area contributed by atoms with E-state index in [1.165, 1.54) is 4.90 Å². The zero-order valence-electron chi connectivity index (χ0n) is 9.87. The Morgan fingerprint density at radius 1 is 1.37 bits per heavy atom. The fourth-order valence-electron chi connectivity index (χ4n) is 2.09. The molecule has 0 radical (unpaired) electrons. The first-order valence-electron chi connectivity index (χ1n) is 5.72. The molecule has 7 heteroatoms. The summed E-state index contributed by atoms with van der Waals surface area (Å²) in [7, 11) is 0. The molecule has 1 aliphatic rings. The van der Waals surface area contributed by atoms with Crippen LogP contribution in [0.3, 0.4) is 0 Å². The molecule has 0 atom stereocenters. The van der Waals surface area contributed by atoms with Crippen LogP contribution in [0, 0.1) is 0 Å². The van der Waals surface area contributed by atoms with Crippen molar-refractivity contribution in [2.24, 2.45) is 0 Å². The van der Waals surface area contributed by atoms with E-state index >= 15 is 0 Å². The van der Waals surface area contributed by atoms with Gasteiger partial charge in [0.05, 0.1) is 11.3 Å².